The van der Waals surface area contributed by atoms with Gasteiger partial charge in [0.1, 0.15) is 11.9 Å². The molecule has 74 valence electrons. The van der Waals surface area contributed by atoms with E-state index in [4.69, 9.17) is 16.7 Å². The van der Waals surface area contributed by atoms with Crippen molar-refractivity contribution in [2.24, 2.45) is 5.73 Å². The van der Waals surface area contributed by atoms with Crippen LogP contribution in [-0.2, 0) is 0 Å². The fraction of sp³-hybridized carbons (Fsp3) is 0.400. The van der Waals surface area contributed by atoms with Crippen molar-refractivity contribution in [2.75, 3.05) is 5.73 Å². The van der Waals surface area contributed by atoms with Gasteiger partial charge in [-0.25, -0.2) is 4.98 Å². The summed E-state index contributed by atoms with van der Waals surface area (Å²) in [5.74, 6) is 0.264. The Bertz CT molecular complexity index is 354. The molecule has 4 heteroatoms. The van der Waals surface area contributed by atoms with E-state index in [0.29, 0.717) is 5.56 Å². The first-order chi connectivity index (χ1) is 6.69. The molecule has 0 bridgehead atoms. The highest BCUT2D eigenvalue weighted by atomic mass is 14.8. The third-order valence-electron chi connectivity index (χ3n) is 2.09. The normalized spacial score (nSPS) is 12.1. The lowest BCUT2D eigenvalue weighted by Crippen LogP contribution is -2.11. The van der Waals surface area contributed by atoms with Crippen molar-refractivity contribution in [2.45, 2.75) is 25.8 Å². The molecule has 1 aromatic heterocycles. The minimum Gasteiger partial charge on any atom is -0.383 e. The molecule has 1 aromatic rings. The third-order valence-corrected chi connectivity index (χ3v) is 2.09. The average molecular weight is 190 g/mol. The van der Waals surface area contributed by atoms with Crippen molar-refractivity contribution < 1.29 is 0 Å². The largest absolute Gasteiger partial charge is 0.383 e. The van der Waals surface area contributed by atoms with Gasteiger partial charge in [-0.2, -0.15) is 5.26 Å². The number of nitrogen functional groups attached to an aromatic ring is 1. The molecule has 0 amide bonds. The van der Waals surface area contributed by atoms with E-state index in [1.807, 2.05) is 6.07 Å². The molecule has 0 unspecified atom stereocenters. The van der Waals surface area contributed by atoms with Crippen LogP contribution in [0.3, 0.4) is 0 Å². The first-order valence-corrected chi connectivity index (χ1v) is 4.60. The van der Waals surface area contributed by atoms with E-state index in [2.05, 4.69) is 11.9 Å². The number of hydrogen-bond donors (Lipinski definition) is 2. The quantitative estimate of drug-likeness (QED) is 0.752. The summed E-state index contributed by atoms with van der Waals surface area (Å²) >= 11 is 0. The average Bonchev–Trinajstić information content (AvgIpc) is 2.19. The molecule has 0 aliphatic heterocycles. The van der Waals surface area contributed by atoms with Crippen LogP contribution in [0.4, 0.5) is 5.82 Å². The second kappa shape index (κ2) is 4.58. The van der Waals surface area contributed by atoms with Gasteiger partial charge in [-0.05, 0) is 18.1 Å². The molecule has 4 N–H and O–H groups in total. The predicted octanol–water partition coefficient (Wildman–Crippen LogP) is 1.34. The van der Waals surface area contributed by atoms with Crippen molar-refractivity contribution in [3.63, 3.8) is 0 Å². The fourth-order valence-corrected chi connectivity index (χ4v) is 1.26. The van der Waals surface area contributed by atoms with Gasteiger partial charge in [0.25, 0.3) is 0 Å². The Hall–Kier alpha value is -1.60. The highest BCUT2D eigenvalue weighted by Gasteiger charge is 2.08. The van der Waals surface area contributed by atoms with E-state index < -0.39 is 0 Å². The Morgan fingerprint density at radius 3 is 2.93 bits per heavy atom. The van der Waals surface area contributed by atoms with Crippen LogP contribution in [0.2, 0.25) is 0 Å². The smallest absolute Gasteiger partial charge is 0.141 e. The molecule has 0 saturated heterocycles. The molecule has 0 aliphatic rings. The number of nitriles is 1. The first kappa shape index (κ1) is 10.5. The highest BCUT2D eigenvalue weighted by Crippen LogP contribution is 2.18. The van der Waals surface area contributed by atoms with Gasteiger partial charge in [0, 0.05) is 12.2 Å². The highest BCUT2D eigenvalue weighted by molar-refractivity contribution is 5.49. The minimum atomic E-state index is -0.0554. The van der Waals surface area contributed by atoms with Crippen LogP contribution in [0.5, 0.6) is 0 Å². The van der Waals surface area contributed by atoms with Gasteiger partial charge >= 0.3 is 0 Å². The summed E-state index contributed by atoms with van der Waals surface area (Å²) in [6.07, 6.45) is 3.53. The zero-order chi connectivity index (χ0) is 10.6. The summed E-state index contributed by atoms with van der Waals surface area (Å²) in [5.41, 5.74) is 12.7. The van der Waals surface area contributed by atoms with Gasteiger partial charge in [-0.3, -0.25) is 0 Å². The maximum atomic E-state index is 8.74. The van der Waals surface area contributed by atoms with Crippen molar-refractivity contribution in [1.82, 2.24) is 4.98 Å². The van der Waals surface area contributed by atoms with Crippen LogP contribution in [0.15, 0.2) is 12.3 Å². The number of nitrogens with two attached hydrogens (primary N) is 2. The van der Waals surface area contributed by atoms with E-state index in [1.165, 1.54) is 0 Å². The molecule has 14 heavy (non-hydrogen) atoms. The van der Waals surface area contributed by atoms with E-state index >= 15 is 0 Å². The summed E-state index contributed by atoms with van der Waals surface area (Å²) in [5, 5.41) is 8.74. The Labute approximate surface area is 83.5 Å². The van der Waals surface area contributed by atoms with Gasteiger partial charge < -0.3 is 11.5 Å². The molecule has 4 nitrogen and oxygen atoms in total. The Kier molecular flexibility index (Phi) is 3.43. The first-order valence-electron chi connectivity index (χ1n) is 4.60. The van der Waals surface area contributed by atoms with Crippen molar-refractivity contribution in [3.8, 4) is 6.07 Å². The van der Waals surface area contributed by atoms with Crippen LogP contribution in [0, 0.1) is 11.3 Å². The maximum Gasteiger partial charge on any atom is 0.141 e. The molecule has 0 spiro atoms. The van der Waals surface area contributed by atoms with Crippen LogP contribution < -0.4 is 11.5 Å². The number of rotatable bonds is 3. The van der Waals surface area contributed by atoms with Crippen molar-refractivity contribution >= 4 is 5.82 Å². The molecule has 0 radical (unpaired) electrons. The molecular weight excluding hydrogens is 176 g/mol. The maximum absolute atomic E-state index is 8.74. The lowest BCUT2D eigenvalue weighted by molar-refractivity contribution is 0.636. The molecule has 0 aliphatic carbocycles. The predicted molar refractivity (Wildman–Crippen MR) is 55.2 cm³/mol. The van der Waals surface area contributed by atoms with Crippen LogP contribution in [0.1, 0.15) is 36.9 Å². The van der Waals surface area contributed by atoms with Gasteiger partial charge in [0.2, 0.25) is 0 Å². The second-order valence-corrected chi connectivity index (χ2v) is 3.21. The Morgan fingerprint density at radius 2 is 2.36 bits per heavy atom. The van der Waals surface area contributed by atoms with E-state index in [9.17, 15) is 0 Å². The monoisotopic (exact) mass is 190 g/mol. The zero-order valence-corrected chi connectivity index (χ0v) is 8.20. The Morgan fingerprint density at radius 1 is 1.64 bits per heavy atom. The summed E-state index contributed by atoms with van der Waals surface area (Å²) in [4.78, 5) is 3.93. The van der Waals surface area contributed by atoms with E-state index in [1.54, 1.807) is 12.3 Å². The van der Waals surface area contributed by atoms with Crippen molar-refractivity contribution in [1.29, 1.82) is 5.26 Å². The standard InChI is InChI=1S/C10H14N4/c1-2-3-9(12)8-4-7(5-11)10(13)14-6-8/h4,6,9H,2-3,12H2,1H3,(H2,13,14)/t9-/m1/s1. The summed E-state index contributed by atoms with van der Waals surface area (Å²) in [7, 11) is 0. The molecule has 1 atom stereocenters. The van der Waals surface area contributed by atoms with Gasteiger partial charge in [0.15, 0.2) is 0 Å². The number of pyridine rings is 1. The zero-order valence-electron chi connectivity index (χ0n) is 8.20. The van der Waals surface area contributed by atoms with Gasteiger partial charge in [-0.15, -0.1) is 0 Å². The third kappa shape index (κ3) is 2.21. The lowest BCUT2D eigenvalue weighted by atomic mass is 10.0. The SMILES string of the molecule is CCC[C@@H](N)c1cnc(N)c(C#N)c1. The van der Waals surface area contributed by atoms with Gasteiger partial charge in [0.05, 0.1) is 5.56 Å². The van der Waals surface area contributed by atoms with Crippen LogP contribution in [0.25, 0.3) is 0 Å². The molecular formula is C10H14N4. The van der Waals surface area contributed by atoms with Crippen LogP contribution >= 0.6 is 0 Å². The Balaban J connectivity index is 2.95. The minimum absolute atomic E-state index is 0.0554. The molecule has 0 fully saturated rings. The molecule has 1 heterocycles. The summed E-state index contributed by atoms with van der Waals surface area (Å²) in [6.45, 7) is 2.07. The summed E-state index contributed by atoms with van der Waals surface area (Å²) in [6, 6.07) is 3.65. The topological polar surface area (TPSA) is 88.7 Å². The number of anilines is 1. The lowest BCUT2D eigenvalue weighted by Gasteiger charge is -2.10. The summed E-state index contributed by atoms with van der Waals surface area (Å²) < 4.78 is 0. The molecule has 0 aromatic carbocycles. The molecule has 0 saturated carbocycles. The fourth-order valence-electron chi connectivity index (χ4n) is 1.26. The second-order valence-electron chi connectivity index (χ2n) is 3.21. The van der Waals surface area contributed by atoms with Crippen LogP contribution in [-0.4, -0.2) is 4.98 Å². The molecule has 1 rings (SSSR count). The number of aromatic nitrogens is 1. The van der Waals surface area contributed by atoms with Gasteiger partial charge in [-0.1, -0.05) is 13.3 Å². The van der Waals surface area contributed by atoms with E-state index in [0.717, 1.165) is 18.4 Å². The number of nitrogens with zero attached hydrogens (tertiary/aromatic N) is 2. The number of hydrogen-bond acceptors (Lipinski definition) is 4. The van der Waals surface area contributed by atoms with E-state index in [-0.39, 0.29) is 11.9 Å². The van der Waals surface area contributed by atoms with Crippen molar-refractivity contribution in [3.05, 3.63) is 23.4 Å².